The Morgan fingerprint density at radius 2 is 1.10 bits per heavy atom. The van der Waals surface area contributed by atoms with Crippen molar-refractivity contribution < 1.29 is 31.0 Å². The van der Waals surface area contributed by atoms with E-state index in [0.29, 0.717) is 11.1 Å². The smallest absolute Gasteiger partial charge is 0.297 e. The minimum absolute atomic E-state index is 0.00363. The van der Waals surface area contributed by atoms with Gasteiger partial charge in [0.25, 0.3) is 20.2 Å². The zero-order chi connectivity index (χ0) is 31.0. The van der Waals surface area contributed by atoms with Gasteiger partial charge >= 0.3 is 0 Å². The van der Waals surface area contributed by atoms with Crippen molar-refractivity contribution in [2.24, 2.45) is 0 Å². The third-order valence-electron chi connectivity index (χ3n) is 6.95. The lowest BCUT2D eigenvalue weighted by Crippen LogP contribution is -2.22. The fraction of sp³-hybridized carbons (Fsp3) is 0.400. The van der Waals surface area contributed by atoms with Gasteiger partial charge in [0.2, 0.25) is 0 Å². The van der Waals surface area contributed by atoms with Crippen molar-refractivity contribution in [3.63, 3.8) is 0 Å². The summed E-state index contributed by atoms with van der Waals surface area (Å²) in [5, 5.41) is 10.7. The summed E-state index contributed by atoms with van der Waals surface area (Å²) in [4.78, 5) is 3.00. The van der Waals surface area contributed by atoms with E-state index < -0.39 is 48.1 Å². The largest absolute Gasteiger partial charge is 0.506 e. The highest BCUT2D eigenvalue weighted by molar-refractivity contribution is 7.90. The SMILES string of the molecule is CC.CCN(CC)c1ccc(C(C2=C(S(=O)(=O)O)CC=C(S(=O)(=O)O)C(O)=C2)c2ccc(N(CC)CC)cc2)cc1. The summed E-state index contributed by atoms with van der Waals surface area (Å²) < 4.78 is 68.7. The van der Waals surface area contributed by atoms with Gasteiger partial charge < -0.3 is 14.9 Å². The highest BCUT2D eigenvalue weighted by Crippen LogP contribution is 2.40. The molecular formula is C30H42N2O7S2. The van der Waals surface area contributed by atoms with Gasteiger partial charge in [-0.2, -0.15) is 16.8 Å². The summed E-state index contributed by atoms with van der Waals surface area (Å²) in [6, 6.07) is 15.0. The summed E-state index contributed by atoms with van der Waals surface area (Å²) in [6.45, 7) is 15.4. The Labute approximate surface area is 245 Å². The number of aliphatic hydroxyl groups is 1. The predicted molar refractivity (Wildman–Crippen MR) is 167 cm³/mol. The number of anilines is 2. The molecule has 11 heteroatoms. The monoisotopic (exact) mass is 606 g/mol. The van der Waals surface area contributed by atoms with Gasteiger partial charge in [-0.15, -0.1) is 0 Å². The number of hydrogen-bond acceptors (Lipinski definition) is 7. The summed E-state index contributed by atoms with van der Waals surface area (Å²) >= 11 is 0. The second-order valence-corrected chi connectivity index (χ2v) is 11.9. The molecule has 0 atom stereocenters. The molecule has 0 unspecified atom stereocenters. The standard InChI is InChI=1S/C28H36N2O7S2.C2H6/c1-5-29(6-2)22-13-9-20(10-14-22)28(21-11-15-23(16-12-21)30(7-3)8-4)24-19-25(31)27(39(35,36)37)18-17-26(24)38(32,33)34;1-2/h9-16,18-19,28,31H,5-8,17H2,1-4H3,(H,32,33,34)(H,35,36,37);1-2H3. The van der Waals surface area contributed by atoms with E-state index in [-0.39, 0.29) is 5.57 Å². The minimum Gasteiger partial charge on any atom is -0.506 e. The molecule has 9 nitrogen and oxygen atoms in total. The third kappa shape index (κ3) is 8.22. The molecule has 0 spiro atoms. The quantitative estimate of drug-likeness (QED) is 0.252. The van der Waals surface area contributed by atoms with Crippen molar-refractivity contribution in [1.29, 1.82) is 0 Å². The van der Waals surface area contributed by atoms with Gasteiger partial charge in [0, 0.05) is 49.9 Å². The molecule has 0 aromatic heterocycles. The highest BCUT2D eigenvalue weighted by atomic mass is 32.2. The summed E-state index contributed by atoms with van der Waals surface area (Å²) in [5.41, 5.74) is 3.26. The van der Waals surface area contributed by atoms with Crippen molar-refractivity contribution >= 4 is 31.6 Å². The van der Waals surface area contributed by atoms with Gasteiger partial charge in [-0.05, 0) is 74.7 Å². The van der Waals surface area contributed by atoms with E-state index in [9.17, 15) is 31.0 Å². The van der Waals surface area contributed by atoms with Crippen LogP contribution in [0.15, 0.2) is 81.8 Å². The van der Waals surface area contributed by atoms with Crippen LogP contribution in [0.3, 0.4) is 0 Å². The first kappa shape index (κ1) is 34.1. The number of rotatable bonds is 11. The van der Waals surface area contributed by atoms with E-state index >= 15 is 0 Å². The van der Waals surface area contributed by atoms with Crippen LogP contribution < -0.4 is 9.80 Å². The Morgan fingerprint density at radius 1 is 0.707 bits per heavy atom. The van der Waals surface area contributed by atoms with Gasteiger partial charge in [0.05, 0.1) is 4.91 Å². The molecule has 2 aromatic rings. The van der Waals surface area contributed by atoms with Crippen LogP contribution in [0.25, 0.3) is 0 Å². The maximum atomic E-state index is 12.6. The van der Waals surface area contributed by atoms with E-state index in [1.54, 1.807) is 0 Å². The Balaban J connectivity index is 0.00000287. The van der Waals surface area contributed by atoms with Crippen LogP contribution in [0.4, 0.5) is 11.4 Å². The van der Waals surface area contributed by atoms with E-state index in [0.717, 1.165) is 49.7 Å². The Bertz CT molecular complexity index is 1410. The summed E-state index contributed by atoms with van der Waals surface area (Å²) in [5.74, 6) is -1.62. The number of allylic oxidation sites excluding steroid dienone is 4. The molecular weight excluding hydrogens is 564 g/mol. The predicted octanol–water partition coefficient (Wildman–Crippen LogP) is 6.30. The fourth-order valence-corrected chi connectivity index (χ4v) is 6.31. The first-order valence-corrected chi connectivity index (χ1v) is 16.7. The Kier molecular flexibility index (Phi) is 12.2. The lowest BCUT2D eigenvalue weighted by Gasteiger charge is -2.26. The van der Waals surface area contributed by atoms with Crippen molar-refractivity contribution in [3.8, 4) is 0 Å². The molecule has 0 fully saturated rings. The molecule has 41 heavy (non-hydrogen) atoms. The van der Waals surface area contributed by atoms with Crippen molar-refractivity contribution in [1.82, 2.24) is 0 Å². The zero-order valence-corrected chi connectivity index (χ0v) is 26.2. The number of benzene rings is 2. The van der Waals surface area contributed by atoms with Crippen LogP contribution in [0.2, 0.25) is 0 Å². The van der Waals surface area contributed by atoms with E-state index in [1.807, 2.05) is 90.1 Å². The maximum Gasteiger partial charge on any atom is 0.297 e. The highest BCUT2D eigenvalue weighted by Gasteiger charge is 2.31. The average molecular weight is 607 g/mol. The molecule has 0 amide bonds. The molecule has 3 N–H and O–H groups in total. The van der Waals surface area contributed by atoms with Gasteiger partial charge in [-0.25, -0.2) is 0 Å². The molecule has 0 saturated heterocycles. The molecule has 2 aromatic carbocycles. The lowest BCUT2D eigenvalue weighted by atomic mass is 9.83. The van der Waals surface area contributed by atoms with Crippen LogP contribution in [-0.4, -0.2) is 57.2 Å². The van der Waals surface area contributed by atoms with E-state index in [4.69, 9.17) is 0 Å². The third-order valence-corrected chi connectivity index (χ3v) is 8.91. The number of nitrogens with zero attached hydrogens (tertiary/aromatic N) is 2. The van der Waals surface area contributed by atoms with Crippen LogP contribution in [-0.2, 0) is 20.2 Å². The molecule has 3 rings (SSSR count). The van der Waals surface area contributed by atoms with Crippen LogP contribution in [0, 0.1) is 0 Å². The lowest BCUT2D eigenvalue weighted by molar-refractivity contribution is 0.421. The van der Waals surface area contributed by atoms with E-state index in [2.05, 4.69) is 9.80 Å². The first-order valence-electron chi connectivity index (χ1n) is 13.8. The summed E-state index contributed by atoms with van der Waals surface area (Å²) in [7, 11) is -9.68. The van der Waals surface area contributed by atoms with Gasteiger partial charge in [0.1, 0.15) is 10.7 Å². The molecule has 0 heterocycles. The van der Waals surface area contributed by atoms with Gasteiger partial charge in [0.15, 0.2) is 0 Å². The van der Waals surface area contributed by atoms with E-state index in [1.165, 1.54) is 0 Å². The normalized spacial score (nSPS) is 14.1. The van der Waals surface area contributed by atoms with Crippen LogP contribution in [0.1, 0.15) is 65.0 Å². The average Bonchev–Trinajstić information content (AvgIpc) is 3.12. The van der Waals surface area contributed by atoms with Gasteiger partial charge in [-0.1, -0.05) is 44.2 Å². The second kappa shape index (κ2) is 14.7. The zero-order valence-electron chi connectivity index (χ0n) is 24.6. The molecule has 1 aliphatic rings. The Morgan fingerprint density at radius 3 is 1.41 bits per heavy atom. The van der Waals surface area contributed by atoms with Crippen molar-refractivity contribution in [3.05, 3.63) is 93.0 Å². The van der Waals surface area contributed by atoms with Crippen molar-refractivity contribution in [2.45, 2.75) is 53.9 Å². The second-order valence-electron chi connectivity index (χ2n) is 9.09. The van der Waals surface area contributed by atoms with Gasteiger partial charge in [-0.3, -0.25) is 9.11 Å². The Hall–Kier alpha value is -3.12. The molecule has 226 valence electrons. The number of hydrogen-bond donors (Lipinski definition) is 3. The molecule has 1 aliphatic carbocycles. The fourth-order valence-electron chi connectivity index (χ4n) is 4.93. The topological polar surface area (TPSA) is 135 Å². The van der Waals surface area contributed by atoms with Crippen LogP contribution in [0.5, 0.6) is 0 Å². The van der Waals surface area contributed by atoms with Crippen molar-refractivity contribution in [2.75, 3.05) is 36.0 Å². The molecule has 0 radical (unpaired) electrons. The maximum absolute atomic E-state index is 12.6. The van der Waals surface area contributed by atoms with Crippen LogP contribution >= 0.6 is 0 Å². The summed E-state index contributed by atoms with van der Waals surface area (Å²) in [6.07, 6.45) is 1.33. The number of aliphatic hydroxyl groups excluding tert-OH is 1. The molecule has 0 bridgehead atoms. The molecule has 0 aliphatic heterocycles. The molecule has 0 saturated carbocycles. The minimum atomic E-state index is -4.86. The first-order chi connectivity index (χ1) is 19.3.